The molecule has 1 heterocycles. The second kappa shape index (κ2) is 8.57. The topological polar surface area (TPSA) is 40.6 Å². The van der Waals surface area contributed by atoms with Crippen molar-refractivity contribution in [2.45, 2.75) is 20.8 Å². The number of anilines is 1. The average Bonchev–Trinajstić information content (AvgIpc) is 2.63. The van der Waals surface area contributed by atoms with Gasteiger partial charge in [0.25, 0.3) is 5.70 Å². The lowest BCUT2D eigenvalue weighted by atomic mass is 10.1. The average molecular weight is 331 g/mol. The van der Waals surface area contributed by atoms with Crippen LogP contribution in [0.2, 0.25) is 0 Å². The van der Waals surface area contributed by atoms with E-state index in [9.17, 15) is 0 Å². The molecule has 0 radical (unpaired) electrons. The van der Waals surface area contributed by atoms with Crippen molar-refractivity contribution in [2.75, 3.05) is 18.0 Å². The molecule has 126 valence electrons. The Labute approximate surface area is 149 Å². The zero-order valence-electron chi connectivity index (χ0n) is 14.8. The van der Waals surface area contributed by atoms with Crippen molar-refractivity contribution in [2.24, 2.45) is 0 Å². The van der Waals surface area contributed by atoms with E-state index in [1.807, 2.05) is 18.2 Å². The van der Waals surface area contributed by atoms with Crippen LogP contribution in [0.1, 0.15) is 26.3 Å². The van der Waals surface area contributed by atoms with Gasteiger partial charge in [0.1, 0.15) is 11.5 Å². The summed E-state index contributed by atoms with van der Waals surface area (Å²) in [6, 6.07) is 10.2. The maximum atomic E-state index is 9.03. The van der Waals surface area contributed by atoms with Gasteiger partial charge in [0.05, 0.1) is 12.6 Å². The summed E-state index contributed by atoms with van der Waals surface area (Å²) >= 11 is 0. The Morgan fingerprint density at radius 1 is 1.20 bits per heavy atom. The molecule has 0 unspecified atom stereocenters. The molecule has 0 saturated carbocycles. The van der Waals surface area contributed by atoms with Crippen LogP contribution in [0.3, 0.4) is 0 Å². The Morgan fingerprint density at radius 3 is 2.44 bits per heavy atom. The predicted molar refractivity (Wildman–Crippen MR) is 101 cm³/mol. The van der Waals surface area contributed by atoms with E-state index in [2.05, 4.69) is 47.9 Å². The number of benzene rings is 1. The molecule has 4 heteroatoms. The third kappa shape index (κ3) is 4.62. The summed E-state index contributed by atoms with van der Waals surface area (Å²) in [6.45, 7) is 15.1. The highest BCUT2D eigenvalue weighted by molar-refractivity contribution is 5.59. The molecule has 0 amide bonds. The molecule has 1 aliphatic rings. The summed E-state index contributed by atoms with van der Waals surface area (Å²) in [5.41, 5.74) is 2.91. The molecule has 0 saturated heterocycles. The number of allylic oxidation sites excluding steroid dienone is 6. The lowest BCUT2D eigenvalue weighted by Gasteiger charge is -2.20. The summed E-state index contributed by atoms with van der Waals surface area (Å²) < 4.78 is 5.65. The molecule has 1 aromatic rings. The van der Waals surface area contributed by atoms with Crippen molar-refractivity contribution in [3.63, 3.8) is 0 Å². The summed E-state index contributed by atoms with van der Waals surface area (Å²) in [6.07, 6.45) is 7.22. The van der Waals surface area contributed by atoms with Crippen LogP contribution in [-0.4, -0.2) is 13.1 Å². The summed E-state index contributed by atoms with van der Waals surface area (Å²) in [5, 5.41) is 9.03. The molecule has 0 aliphatic carbocycles. The zero-order chi connectivity index (χ0) is 18.2. The van der Waals surface area contributed by atoms with Gasteiger partial charge in [0.2, 0.25) is 0 Å². The van der Waals surface area contributed by atoms with Gasteiger partial charge >= 0.3 is 0 Å². The van der Waals surface area contributed by atoms with E-state index in [-0.39, 0.29) is 5.70 Å². The number of nitrogens with zero attached hydrogens (tertiary/aromatic N) is 3. The molecular weight excluding hydrogens is 310 g/mol. The van der Waals surface area contributed by atoms with Crippen LogP contribution < -0.4 is 4.90 Å². The SMILES string of the molecule is [C-]#[N+]/C(C#N)=C1/C=C(C)OC(/C=C/c2ccc(N(CC)CC)cc2)=C1. The molecule has 25 heavy (non-hydrogen) atoms. The zero-order valence-corrected chi connectivity index (χ0v) is 14.8. The van der Waals surface area contributed by atoms with Gasteiger partial charge in [-0.2, -0.15) is 0 Å². The summed E-state index contributed by atoms with van der Waals surface area (Å²) in [7, 11) is 0. The Morgan fingerprint density at radius 2 is 1.88 bits per heavy atom. The molecule has 1 aliphatic heterocycles. The largest absolute Gasteiger partial charge is 0.462 e. The molecule has 0 N–H and O–H groups in total. The van der Waals surface area contributed by atoms with Crippen LogP contribution in [0.4, 0.5) is 5.69 Å². The first-order valence-electron chi connectivity index (χ1n) is 8.24. The van der Waals surface area contributed by atoms with E-state index in [1.165, 1.54) is 5.69 Å². The van der Waals surface area contributed by atoms with Crippen LogP contribution in [0, 0.1) is 17.9 Å². The minimum atomic E-state index is 0.0668. The minimum Gasteiger partial charge on any atom is -0.462 e. The van der Waals surface area contributed by atoms with Crippen LogP contribution in [-0.2, 0) is 4.74 Å². The van der Waals surface area contributed by atoms with E-state index in [4.69, 9.17) is 16.6 Å². The molecule has 0 fully saturated rings. The molecule has 0 bridgehead atoms. The third-order valence-corrected chi connectivity index (χ3v) is 3.89. The van der Waals surface area contributed by atoms with Gasteiger partial charge in [-0.3, -0.25) is 0 Å². The monoisotopic (exact) mass is 331 g/mol. The summed E-state index contributed by atoms with van der Waals surface area (Å²) in [5.74, 6) is 1.27. The van der Waals surface area contributed by atoms with E-state index in [1.54, 1.807) is 19.1 Å². The second-order valence-electron chi connectivity index (χ2n) is 5.53. The van der Waals surface area contributed by atoms with Crippen LogP contribution in [0.25, 0.3) is 10.9 Å². The van der Waals surface area contributed by atoms with Crippen molar-refractivity contribution < 1.29 is 4.74 Å². The number of nitriles is 1. The maximum absolute atomic E-state index is 9.03. The van der Waals surface area contributed by atoms with Crippen molar-refractivity contribution in [3.8, 4) is 6.07 Å². The fraction of sp³-hybridized carbons (Fsp3) is 0.238. The van der Waals surface area contributed by atoms with E-state index in [0.29, 0.717) is 17.1 Å². The molecular formula is C21H21N3O. The molecule has 1 aromatic carbocycles. The first-order chi connectivity index (χ1) is 12.1. The standard InChI is InChI=1S/C21H21N3O/c1-5-24(6-2)19-10-7-17(8-11-19)9-12-20-14-18(13-16(3)25-20)21(15-22)23-4/h7-14H,5-6H2,1-3H3/b12-9+,21-18-. The predicted octanol–water partition coefficient (Wildman–Crippen LogP) is 5.06. The Bertz CT molecular complexity index is 807. The van der Waals surface area contributed by atoms with Crippen LogP contribution in [0.5, 0.6) is 0 Å². The Kier molecular flexibility index (Phi) is 6.20. The van der Waals surface area contributed by atoms with Crippen molar-refractivity contribution in [1.29, 1.82) is 5.26 Å². The quantitative estimate of drug-likeness (QED) is 0.559. The Balaban J connectivity index is 2.21. The van der Waals surface area contributed by atoms with Gasteiger partial charge in [0, 0.05) is 18.8 Å². The van der Waals surface area contributed by atoms with Gasteiger partial charge in [-0.1, -0.05) is 18.2 Å². The van der Waals surface area contributed by atoms with Gasteiger partial charge in [-0.15, -0.1) is 0 Å². The second-order valence-corrected chi connectivity index (χ2v) is 5.53. The van der Waals surface area contributed by atoms with Crippen LogP contribution in [0.15, 0.2) is 65.3 Å². The summed E-state index contributed by atoms with van der Waals surface area (Å²) in [4.78, 5) is 5.55. The Hall–Kier alpha value is -3.24. The first-order valence-corrected chi connectivity index (χ1v) is 8.24. The number of hydrogen-bond donors (Lipinski definition) is 0. The van der Waals surface area contributed by atoms with Crippen LogP contribution >= 0.6 is 0 Å². The van der Waals surface area contributed by atoms with E-state index < -0.39 is 0 Å². The highest BCUT2D eigenvalue weighted by Crippen LogP contribution is 2.23. The lowest BCUT2D eigenvalue weighted by molar-refractivity contribution is 0.318. The fourth-order valence-electron chi connectivity index (χ4n) is 2.60. The fourth-order valence-corrected chi connectivity index (χ4v) is 2.60. The maximum Gasteiger partial charge on any atom is 0.269 e. The highest BCUT2D eigenvalue weighted by Gasteiger charge is 2.10. The van der Waals surface area contributed by atoms with Crippen molar-refractivity contribution in [3.05, 3.63) is 82.3 Å². The van der Waals surface area contributed by atoms with Crippen molar-refractivity contribution >= 4 is 11.8 Å². The van der Waals surface area contributed by atoms with Gasteiger partial charge in [-0.25, -0.2) is 10.1 Å². The third-order valence-electron chi connectivity index (χ3n) is 3.89. The lowest BCUT2D eigenvalue weighted by Crippen LogP contribution is -2.21. The van der Waals surface area contributed by atoms with Crippen molar-refractivity contribution in [1.82, 2.24) is 0 Å². The van der Waals surface area contributed by atoms with E-state index in [0.717, 1.165) is 18.7 Å². The van der Waals surface area contributed by atoms with Gasteiger partial charge in [0.15, 0.2) is 0 Å². The molecule has 4 nitrogen and oxygen atoms in total. The molecule has 0 spiro atoms. The van der Waals surface area contributed by atoms with Gasteiger partial charge < -0.3 is 9.64 Å². The van der Waals surface area contributed by atoms with Gasteiger partial charge in [-0.05, 0) is 62.3 Å². The smallest absolute Gasteiger partial charge is 0.269 e. The first kappa shape index (κ1) is 18.1. The number of rotatable bonds is 5. The molecule has 2 rings (SSSR count). The molecule has 0 aromatic heterocycles. The number of ether oxygens (including phenoxy) is 1. The highest BCUT2D eigenvalue weighted by atomic mass is 16.5. The minimum absolute atomic E-state index is 0.0668. The van der Waals surface area contributed by atoms with E-state index >= 15 is 0 Å². The molecule has 0 atom stereocenters. The number of hydrogen-bond acceptors (Lipinski definition) is 3. The normalized spacial score (nSPS) is 15.6.